The molecule has 244 valence electrons. The minimum Gasteiger partial charge on any atom is -0.343 e. The number of hydrogen-bond donors (Lipinski definition) is 5. The van der Waals surface area contributed by atoms with Gasteiger partial charge in [-0.15, -0.1) is 0 Å². The zero-order valence-corrected chi connectivity index (χ0v) is 27.3. The smallest absolute Gasteiger partial charge is 0.243 e. The van der Waals surface area contributed by atoms with E-state index in [4.69, 9.17) is 0 Å². The van der Waals surface area contributed by atoms with E-state index in [0.29, 0.717) is 12.8 Å². The van der Waals surface area contributed by atoms with Crippen molar-refractivity contribution in [1.82, 2.24) is 26.6 Å². The van der Waals surface area contributed by atoms with Gasteiger partial charge in [0, 0.05) is 12.8 Å². The van der Waals surface area contributed by atoms with Gasteiger partial charge in [0.05, 0.1) is 0 Å². The van der Waals surface area contributed by atoms with Crippen molar-refractivity contribution in [2.75, 3.05) is 0 Å². The first-order chi connectivity index (χ1) is 21.3. The molecule has 1 aliphatic heterocycles. The first kappa shape index (κ1) is 35.3. The second-order valence-electron chi connectivity index (χ2n) is 13.1. The molecule has 45 heavy (non-hydrogen) atoms. The van der Waals surface area contributed by atoms with Crippen LogP contribution in [0.1, 0.15) is 65.5 Å². The molecule has 0 aliphatic carbocycles. The third-order valence-corrected chi connectivity index (χ3v) is 7.76. The van der Waals surface area contributed by atoms with Crippen molar-refractivity contribution in [3.05, 3.63) is 71.8 Å². The maximum Gasteiger partial charge on any atom is 0.243 e. The number of hydrogen-bond acceptors (Lipinski definition) is 5. The van der Waals surface area contributed by atoms with Crippen LogP contribution in [0, 0.1) is 17.8 Å². The molecule has 10 heteroatoms. The highest BCUT2D eigenvalue weighted by Crippen LogP contribution is 2.13. The van der Waals surface area contributed by atoms with E-state index in [-0.39, 0.29) is 30.6 Å². The van der Waals surface area contributed by atoms with Crippen LogP contribution < -0.4 is 26.6 Å². The quantitative estimate of drug-likeness (QED) is 0.293. The Morgan fingerprint density at radius 1 is 0.467 bits per heavy atom. The van der Waals surface area contributed by atoms with Gasteiger partial charge in [0.25, 0.3) is 0 Å². The van der Waals surface area contributed by atoms with E-state index in [9.17, 15) is 24.0 Å². The Bertz CT molecular complexity index is 1300. The summed E-state index contributed by atoms with van der Waals surface area (Å²) in [6.45, 7) is 11.4. The van der Waals surface area contributed by atoms with Crippen LogP contribution in [0.5, 0.6) is 0 Å². The predicted molar refractivity (Wildman–Crippen MR) is 174 cm³/mol. The monoisotopic (exact) mass is 619 g/mol. The lowest BCUT2D eigenvalue weighted by atomic mass is 9.98. The second kappa shape index (κ2) is 16.7. The molecular weight excluding hydrogens is 570 g/mol. The normalized spacial score (nSPS) is 23.8. The van der Waals surface area contributed by atoms with E-state index >= 15 is 0 Å². The van der Waals surface area contributed by atoms with Crippen molar-refractivity contribution in [2.24, 2.45) is 17.8 Å². The summed E-state index contributed by atoms with van der Waals surface area (Å²) >= 11 is 0. The minimum absolute atomic E-state index is 0.0464. The number of carbonyl (C=O) groups excluding carboxylic acids is 5. The van der Waals surface area contributed by atoms with Crippen LogP contribution in [0.25, 0.3) is 0 Å². The van der Waals surface area contributed by atoms with E-state index in [1.165, 1.54) is 0 Å². The van der Waals surface area contributed by atoms with Crippen LogP contribution in [-0.2, 0) is 36.8 Å². The average Bonchev–Trinajstić information content (AvgIpc) is 2.98. The number of rotatable bonds is 9. The molecule has 5 atom stereocenters. The van der Waals surface area contributed by atoms with Crippen molar-refractivity contribution in [2.45, 2.75) is 97.4 Å². The molecule has 1 fully saturated rings. The van der Waals surface area contributed by atoms with Gasteiger partial charge in [0.2, 0.25) is 29.5 Å². The molecule has 0 radical (unpaired) electrons. The van der Waals surface area contributed by atoms with Crippen LogP contribution in [0.3, 0.4) is 0 Å². The van der Waals surface area contributed by atoms with Gasteiger partial charge in [-0.1, -0.05) is 102 Å². The molecule has 1 saturated heterocycles. The molecule has 3 rings (SSSR count). The fourth-order valence-electron chi connectivity index (χ4n) is 5.39. The largest absolute Gasteiger partial charge is 0.343 e. The molecule has 5 amide bonds. The summed E-state index contributed by atoms with van der Waals surface area (Å²) in [6, 6.07) is 13.6. The van der Waals surface area contributed by atoms with Crippen LogP contribution in [0.2, 0.25) is 0 Å². The van der Waals surface area contributed by atoms with E-state index in [1.54, 1.807) is 13.8 Å². The summed E-state index contributed by atoms with van der Waals surface area (Å²) in [6.07, 6.45) is 0.998. The lowest BCUT2D eigenvalue weighted by molar-refractivity contribution is -0.135. The van der Waals surface area contributed by atoms with Gasteiger partial charge in [-0.2, -0.15) is 0 Å². The molecule has 0 bridgehead atoms. The van der Waals surface area contributed by atoms with Crippen LogP contribution in [0.15, 0.2) is 60.7 Å². The minimum atomic E-state index is -1.04. The van der Waals surface area contributed by atoms with Crippen molar-refractivity contribution in [3.63, 3.8) is 0 Å². The highest BCUT2D eigenvalue weighted by Gasteiger charge is 2.35. The lowest BCUT2D eigenvalue weighted by Crippen LogP contribution is -2.59. The first-order valence-corrected chi connectivity index (χ1v) is 15.9. The van der Waals surface area contributed by atoms with Crippen molar-refractivity contribution in [3.8, 4) is 0 Å². The van der Waals surface area contributed by atoms with E-state index in [2.05, 4.69) is 26.6 Å². The van der Waals surface area contributed by atoms with Gasteiger partial charge in [-0.05, 0) is 41.7 Å². The Labute approximate surface area is 266 Å². The van der Waals surface area contributed by atoms with Crippen LogP contribution in [-0.4, -0.2) is 59.7 Å². The van der Waals surface area contributed by atoms with E-state index in [1.807, 2.05) is 88.4 Å². The lowest BCUT2D eigenvalue weighted by Gasteiger charge is -2.28. The first-order valence-electron chi connectivity index (χ1n) is 15.9. The summed E-state index contributed by atoms with van der Waals surface area (Å²) in [5.41, 5.74) is 1.63. The third kappa shape index (κ3) is 11.0. The molecule has 2 aromatic rings. The van der Waals surface area contributed by atoms with Crippen molar-refractivity contribution >= 4 is 29.5 Å². The average molecular weight is 620 g/mol. The molecule has 0 saturated carbocycles. The highest BCUT2D eigenvalue weighted by molar-refractivity contribution is 5.98. The second-order valence-corrected chi connectivity index (χ2v) is 13.1. The molecule has 1 heterocycles. The standard InChI is InChI=1S/C35H49N5O5/c1-21(2)17-26-31(41)37-27(18-22(3)4)34(44)40-30(23(5)6)35(45)39-29(20-25-15-11-8-12-16-25)33(43)38-28(32(42)36-26)19-24-13-9-7-10-14-24/h7-16,21-23,26-30H,17-20H2,1-6H3,(H,36,42)(H,37,41)(H,38,43)(H,39,45)(H,40,44)/t26-,27-,28-,29+,30-/m0/s1. The Morgan fingerprint density at radius 3 is 1.18 bits per heavy atom. The molecule has 0 unspecified atom stereocenters. The fourth-order valence-corrected chi connectivity index (χ4v) is 5.39. The number of carbonyl (C=O) groups is 5. The van der Waals surface area contributed by atoms with Crippen molar-refractivity contribution < 1.29 is 24.0 Å². The summed E-state index contributed by atoms with van der Waals surface area (Å²) < 4.78 is 0. The van der Waals surface area contributed by atoms with E-state index in [0.717, 1.165) is 11.1 Å². The SMILES string of the molecule is CC(C)C[C@@H]1NC(=O)[C@H](Cc2ccccc2)NC(=O)[C@@H](Cc2ccccc2)NC(=O)[C@H](C(C)C)NC(=O)[C@H](CC(C)C)NC1=O. The van der Waals surface area contributed by atoms with Gasteiger partial charge < -0.3 is 26.6 Å². The summed E-state index contributed by atoms with van der Waals surface area (Å²) in [5, 5.41) is 14.3. The maximum absolute atomic E-state index is 13.9. The Kier molecular flexibility index (Phi) is 13.1. The molecule has 2 aromatic carbocycles. The molecule has 1 aliphatic rings. The van der Waals surface area contributed by atoms with Crippen LogP contribution >= 0.6 is 0 Å². The van der Waals surface area contributed by atoms with Crippen LogP contribution in [0.4, 0.5) is 0 Å². The third-order valence-electron chi connectivity index (χ3n) is 7.76. The summed E-state index contributed by atoms with van der Waals surface area (Å²) in [5.74, 6) is -2.81. The fraction of sp³-hybridized carbons (Fsp3) is 0.514. The highest BCUT2D eigenvalue weighted by atomic mass is 16.2. The zero-order chi connectivity index (χ0) is 33.1. The predicted octanol–water partition coefficient (Wildman–Crippen LogP) is 2.66. The summed E-state index contributed by atoms with van der Waals surface area (Å²) in [4.78, 5) is 68.8. The van der Waals surface area contributed by atoms with Gasteiger partial charge in [-0.3, -0.25) is 24.0 Å². The van der Waals surface area contributed by atoms with Gasteiger partial charge >= 0.3 is 0 Å². The number of nitrogens with one attached hydrogen (secondary N) is 5. The Morgan fingerprint density at radius 2 is 0.800 bits per heavy atom. The number of benzene rings is 2. The molecule has 10 nitrogen and oxygen atoms in total. The van der Waals surface area contributed by atoms with Gasteiger partial charge in [-0.25, -0.2) is 0 Å². The molecule has 0 aromatic heterocycles. The molecular formula is C35H49N5O5. The topological polar surface area (TPSA) is 146 Å². The zero-order valence-electron chi connectivity index (χ0n) is 27.3. The van der Waals surface area contributed by atoms with E-state index < -0.39 is 59.7 Å². The molecule has 0 spiro atoms. The Balaban J connectivity index is 2.08. The summed E-state index contributed by atoms with van der Waals surface area (Å²) in [7, 11) is 0. The Hall–Kier alpha value is -4.21. The number of amides is 5. The van der Waals surface area contributed by atoms with Gasteiger partial charge in [0.15, 0.2) is 0 Å². The van der Waals surface area contributed by atoms with Gasteiger partial charge in [0.1, 0.15) is 30.2 Å². The van der Waals surface area contributed by atoms with Crippen molar-refractivity contribution in [1.29, 1.82) is 0 Å². The molecule has 5 N–H and O–H groups in total. The maximum atomic E-state index is 13.9.